The molecule has 6 nitrogen and oxygen atoms in total. The topological polar surface area (TPSA) is 57.4 Å². The molecule has 29 heavy (non-hydrogen) atoms. The summed E-state index contributed by atoms with van der Waals surface area (Å²) < 4.78 is 11.2. The molecule has 3 aromatic heterocycles. The highest BCUT2D eigenvalue weighted by atomic mass is 32.1. The van der Waals surface area contributed by atoms with Crippen LogP contribution >= 0.6 is 11.3 Å². The molecule has 0 aliphatic rings. The van der Waals surface area contributed by atoms with Gasteiger partial charge in [0, 0.05) is 19.0 Å². The number of aromatic nitrogens is 3. The zero-order chi connectivity index (χ0) is 20.5. The van der Waals surface area contributed by atoms with Gasteiger partial charge in [-0.1, -0.05) is 32.0 Å². The Kier molecular flexibility index (Phi) is 5.15. The maximum atomic E-state index is 13.2. The summed E-state index contributed by atoms with van der Waals surface area (Å²) in [6, 6.07) is 13.4. The summed E-state index contributed by atoms with van der Waals surface area (Å²) >= 11 is 1.52. The van der Waals surface area contributed by atoms with E-state index in [1.54, 1.807) is 10.9 Å². The highest BCUT2D eigenvalue weighted by Crippen LogP contribution is 2.23. The van der Waals surface area contributed by atoms with Gasteiger partial charge in [-0.3, -0.25) is 9.48 Å². The quantitative estimate of drug-likeness (QED) is 0.488. The maximum absolute atomic E-state index is 13.2. The van der Waals surface area contributed by atoms with Crippen molar-refractivity contribution in [2.75, 3.05) is 0 Å². The molecule has 0 unspecified atom stereocenters. The fourth-order valence-corrected chi connectivity index (χ4v) is 4.27. The van der Waals surface area contributed by atoms with E-state index in [9.17, 15) is 4.79 Å². The second-order valence-electron chi connectivity index (χ2n) is 7.41. The molecule has 0 N–H and O–H groups in total. The van der Waals surface area contributed by atoms with Crippen LogP contribution in [0.3, 0.4) is 0 Å². The van der Waals surface area contributed by atoms with Gasteiger partial charge in [0.1, 0.15) is 0 Å². The minimum atomic E-state index is -0.125. The first-order chi connectivity index (χ1) is 14.0. The molecule has 150 valence electrons. The smallest absolute Gasteiger partial charge is 0.297 e. The lowest BCUT2D eigenvalue weighted by atomic mass is 10.2. The van der Waals surface area contributed by atoms with E-state index in [1.807, 2.05) is 66.5 Å². The minimum Gasteiger partial charge on any atom is -0.463 e. The number of rotatable bonds is 5. The molecule has 1 aromatic carbocycles. The van der Waals surface area contributed by atoms with Crippen LogP contribution in [0.15, 0.2) is 68.3 Å². The number of hydrogen-bond donors (Lipinski definition) is 0. The summed E-state index contributed by atoms with van der Waals surface area (Å²) in [5.41, 5.74) is 2.95. The number of para-hydroxylation sites is 1. The van der Waals surface area contributed by atoms with Crippen molar-refractivity contribution in [1.82, 2.24) is 13.9 Å². The Labute approximate surface area is 173 Å². The third-order valence-electron chi connectivity index (χ3n) is 4.85. The van der Waals surface area contributed by atoms with Gasteiger partial charge in [-0.15, -0.1) is 11.3 Å². The first kappa shape index (κ1) is 19.3. The standard InChI is InChI=1S/C22H24N4O2S/c1-15(2)13-25-18(19-11-8-12-28-19)14-29-22(25)23-20-16(3)24(4)26(21(20)27)17-9-6-5-7-10-17/h5-12,14-15H,13H2,1-4H3. The Balaban J connectivity index is 1.91. The average molecular weight is 409 g/mol. The highest BCUT2D eigenvalue weighted by Gasteiger charge is 2.17. The summed E-state index contributed by atoms with van der Waals surface area (Å²) in [7, 11) is 1.88. The molecule has 3 heterocycles. The zero-order valence-electron chi connectivity index (χ0n) is 17.0. The molecule has 0 bridgehead atoms. The van der Waals surface area contributed by atoms with Gasteiger partial charge < -0.3 is 8.98 Å². The van der Waals surface area contributed by atoms with E-state index in [0.29, 0.717) is 11.6 Å². The summed E-state index contributed by atoms with van der Waals surface area (Å²) in [6.45, 7) is 7.04. The number of benzene rings is 1. The number of furan rings is 1. The van der Waals surface area contributed by atoms with Crippen LogP contribution in [0.4, 0.5) is 5.69 Å². The van der Waals surface area contributed by atoms with E-state index >= 15 is 0 Å². The Morgan fingerprint density at radius 3 is 2.55 bits per heavy atom. The van der Waals surface area contributed by atoms with Crippen molar-refractivity contribution in [2.24, 2.45) is 18.0 Å². The Hall–Kier alpha value is -3.06. The van der Waals surface area contributed by atoms with Crippen molar-refractivity contribution < 1.29 is 4.42 Å². The second-order valence-corrected chi connectivity index (χ2v) is 8.24. The molecule has 0 atom stereocenters. The number of nitrogens with zero attached hydrogens (tertiary/aromatic N) is 4. The fourth-order valence-electron chi connectivity index (χ4n) is 3.36. The zero-order valence-corrected chi connectivity index (χ0v) is 17.8. The lowest BCUT2D eigenvalue weighted by molar-refractivity contribution is 0.507. The largest absolute Gasteiger partial charge is 0.463 e. The van der Waals surface area contributed by atoms with Gasteiger partial charge in [0.15, 0.2) is 16.2 Å². The van der Waals surface area contributed by atoms with Crippen LogP contribution < -0.4 is 10.4 Å². The van der Waals surface area contributed by atoms with Gasteiger partial charge in [0.25, 0.3) is 5.56 Å². The maximum Gasteiger partial charge on any atom is 0.297 e. The van der Waals surface area contributed by atoms with E-state index in [0.717, 1.165) is 34.2 Å². The van der Waals surface area contributed by atoms with Crippen LogP contribution in [0, 0.1) is 12.8 Å². The Bertz CT molecular complexity index is 1240. The van der Waals surface area contributed by atoms with Crippen molar-refractivity contribution >= 4 is 17.0 Å². The minimum absolute atomic E-state index is 0.125. The molecule has 4 aromatic rings. The highest BCUT2D eigenvalue weighted by molar-refractivity contribution is 7.07. The SMILES string of the molecule is Cc1c(N=c2scc(-c3ccco3)n2CC(C)C)c(=O)n(-c2ccccc2)n1C. The van der Waals surface area contributed by atoms with Crippen LogP contribution in [0.5, 0.6) is 0 Å². The van der Waals surface area contributed by atoms with Gasteiger partial charge in [-0.2, -0.15) is 0 Å². The predicted molar refractivity (Wildman–Crippen MR) is 116 cm³/mol. The van der Waals surface area contributed by atoms with Crippen LogP contribution in [-0.2, 0) is 13.6 Å². The third kappa shape index (κ3) is 3.53. The first-order valence-corrected chi connectivity index (χ1v) is 10.5. The summed E-state index contributed by atoms with van der Waals surface area (Å²) in [4.78, 5) is 18.8. The molecule has 7 heteroatoms. The van der Waals surface area contributed by atoms with Crippen molar-refractivity contribution in [3.8, 4) is 17.1 Å². The van der Waals surface area contributed by atoms with Crippen LogP contribution in [-0.4, -0.2) is 13.9 Å². The molecule has 0 saturated heterocycles. The fraction of sp³-hybridized carbons (Fsp3) is 0.273. The van der Waals surface area contributed by atoms with Crippen LogP contribution in [0.25, 0.3) is 17.1 Å². The molecular formula is C22H24N4O2S. The normalized spacial score (nSPS) is 12.2. The van der Waals surface area contributed by atoms with Crippen molar-refractivity contribution in [1.29, 1.82) is 0 Å². The average Bonchev–Trinajstić information content (AvgIpc) is 3.40. The molecular weight excluding hydrogens is 384 g/mol. The second kappa shape index (κ2) is 7.75. The number of thiazole rings is 1. The van der Waals surface area contributed by atoms with Gasteiger partial charge in [0.2, 0.25) is 0 Å². The molecule has 4 rings (SSSR count). The first-order valence-electron chi connectivity index (χ1n) is 9.58. The van der Waals surface area contributed by atoms with E-state index in [4.69, 9.17) is 9.41 Å². The van der Waals surface area contributed by atoms with Gasteiger partial charge in [-0.25, -0.2) is 9.67 Å². The van der Waals surface area contributed by atoms with Crippen molar-refractivity contribution in [3.05, 3.63) is 75.0 Å². The molecule has 0 amide bonds. The van der Waals surface area contributed by atoms with Crippen molar-refractivity contribution in [3.63, 3.8) is 0 Å². The molecule has 0 aliphatic carbocycles. The predicted octanol–water partition coefficient (Wildman–Crippen LogP) is 4.50. The van der Waals surface area contributed by atoms with Gasteiger partial charge in [0.05, 0.1) is 23.3 Å². The third-order valence-corrected chi connectivity index (χ3v) is 5.71. The molecule has 0 aliphatic heterocycles. The molecule has 0 fully saturated rings. The molecule has 0 saturated carbocycles. The summed E-state index contributed by atoms with van der Waals surface area (Å²) in [6.07, 6.45) is 1.67. The number of hydrogen-bond acceptors (Lipinski definition) is 4. The molecule has 0 spiro atoms. The molecule has 0 radical (unpaired) electrons. The van der Waals surface area contributed by atoms with Crippen molar-refractivity contribution in [2.45, 2.75) is 27.3 Å². The lowest BCUT2D eigenvalue weighted by Crippen LogP contribution is -2.21. The van der Waals surface area contributed by atoms with Crippen LogP contribution in [0.2, 0.25) is 0 Å². The summed E-state index contributed by atoms with van der Waals surface area (Å²) in [5, 5.41) is 2.04. The van der Waals surface area contributed by atoms with Crippen LogP contribution in [0.1, 0.15) is 19.5 Å². The van der Waals surface area contributed by atoms with E-state index in [1.165, 1.54) is 11.3 Å². The van der Waals surface area contributed by atoms with E-state index < -0.39 is 0 Å². The van der Waals surface area contributed by atoms with E-state index in [2.05, 4.69) is 18.4 Å². The summed E-state index contributed by atoms with van der Waals surface area (Å²) in [5.74, 6) is 1.23. The Morgan fingerprint density at radius 1 is 1.14 bits per heavy atom. The van der Waals surface area contributed by atoms with E-state index in [-0.39, 0.29) is 5.56 Å². The van der Waals surface area contributed by atoms with Gasteiger partial charge in [-0.05, 0) is 37.1 Å². The Morgan fingerprint density at radius 2 is 1.90 bits per heavy atom. The van der Waals surface area contributed by atoms with Gasteiger partial charge >= 0.3 is 0 Å². The lowest BCUT2D eigenvalue weighted by Gasteiger charge is -2.09. The monoisotopic (exact) mass is 408 g/mol.